The molecule has 16 heavy (non-hydrogen) atoms. The second-order valence-corrected chi connectivity index (χ2v) is 5.51. The van der Waals surface area contributed by atoms with Crippen LogP contribution in [0.1, 0.15) is 36.2 Å². The van der Waals surface area contributed by atoms with Gasteiger partial charge in [-0.15, -0.1) is 0 Å². The Balaban J connectivity index is 1.73. The van der Waals surface area contributed by atoms with Crippen LogP contribution in [0.3, 0.4) is 0 Å². The van der Waals surface area contributed by atoms with Gasteiger partial charge < -0.3 is 9.84 Å². The van der Waals surface area contributed by atoms with Gasteiger partial charge in [0.2, 0.25) is 0 Å². The first-order valence-electron chi connectivity index (χ1n) is 5.58. The Bertz CT molecular complexity index is 332. The molecule has 1 saturated carbocycles. The average molecular weight is 287 g/mol. The summed E-state index contributed by atoms with van der Waals surface area (Å²) >= 11 is 3.62. The topological polar surface area (TPSA) is 55.1 Å². The highest BCUT2D eigenvalue weighted by atomic mass is 79.9. The van der Waals surface area contributed by atoms with Gasteiger partial charge in [-0.3, -0.25) is 4.79 Å². The smallest absolute Gasteiger partial charge is 0.273 e. The number of hydrogen-bond acceptors (Lipinski definition) is 3. The SMILES string of the molecule is O=C(NCC1CCC(Br)CC1)c1ccon1. The summed E-state index contributed by atoms with van der Waals surface area (Å²) in [4.78, 5) is 12.2. The van der Waals surface area contributed by atoms with Crippen LogP contribution in [-0.4, -0.2) is 22.4 Å². The van der Waals surface area contributed by atoms with Gasteiger partial charge in [-0.2, -0.15) is 0 Å². The second-order valence-electron chi connectivity index (χ2n) is 4.21. The maximum Gasteiger partial charge on any atom is 0.273 e. The molecule has 0 aliphatic heterocycles. The van der Waals surface area contributed by atoms with Crippen LogP contribution in [0.25, 0.3) is 0 Å². The second kappa shape index (κ2) is 5.48. The number of carbonyl (C=O) groups excluding carboxylic acids is 1. The number of amides is 1. The normalized spacial score (nSPS) is 25.3. The molecular formula is C11H15BrN2O2. The van der Waals surface area contributed by atoms with Gasteiger partial charge >= 0.3 is 0 Å². The molecule has 0 atom stereocenters. The number of rotatable bonds is 3. The Hall–Kier alpha value is -0.840. The van der Waals surface area contributed by atoms with Gasteiger partial charge in [0.15, 0.2) is 5.69 Å². The van der Waals surface area contributed by atoms with E-state index in [0.29, 0.717) is 16.4 Å². The lowest BCUT2D eigenvalue weighted by Crippen LogP contribution is -2.31. The van der Waals surface area contributed by atoms with E-state index in [1.165, 1.54) is 31.9 Å². The van der Waals surface area contributed by atoms with Crippen molar-refractivity contribution in [3.63, 3.8) is 0 Å². The van der Waals surface area contributed by atoms with E-state index in [9.17, 15) is 4.79 Å². The summed E-state index contributed by atoms with van der Waals surface area (Å²) in [7, 11) is 0. The fourth-order valence-corrected chi connectivity index (χ4v) is 2.51. The van der Waals surface area contributed by atoms with Gasteiger partial charge in [0.05, 0.1) is 0 Å². The molecule has 1 fully saturated rings. The van der Waals surface area contributed by atoms with E-state index >= 15 is 0 Å². The van der Waals surface area contributed by atoms with Crippen molar-refractivity contribution in [3.8, 4) is 0 Å². The first-order valence-corrected chi connectivity index (χ1v) is 6.50. The Morgan fingerprint density at radius 2 is 2.25 bits per heavy atom. The summed E-state index contributed by atoms with van der Waals surface area (Å²) in [6, 6.07) is 1.57. The predicted octanol–water partition coefficient (Wildman–Crippen LogP) is 2.36. The molecule has 1 aliphatic rings. The monoisotopic (exact) mass is 286 g/mol. The van der Waals surface area contributed by atoms with Crippen molar-refractivity contribution in [2.75, 3.05) is 6.54 Å². The summed E-state index contributed by atoms with van der Waals surface area (Å²) < 4.78 is 4.62. The van der Waals surface area contributed by atoms with Gasteiger partial charge in [-0.1, -0.05) is 21.1 Å². The Morgan fingerprint density at radius 3 is 2.88 bits per heavy atom. The summed E-state index contributed by atoms with van der Waals surface area (Å²) in [5.41, 5.74) is 0.356. The zero-order valence-electron chi connectivity index (χ0n) is 8.99. The molecule has 1 aromatic rings. The summed E-state index contributed by atoms with van der Waals surface area (Å²) in [6.07, 6.45) is 6.16. The number of halogens is 1. The van der Waals surface area contributed by atoms with Crippen molar-refractivity contribution < 1.29 is 9.32 Å². The predicted molar refractivity (Wildman–Crippen MR) is 63.5 cm³/mol. The minimum Gasteiger partial charge on any atom is -0.364 e. The zero-order chi connectivity index (χ0) is 11.4. The molecule has 2 rings (SSSR count). The maximum absolute atomic E-state index is 11.6. The number of nitrogens with zero attached hydrogens (tertiary/aromatic N) is 1. The van der Waals surface area contributed by atoms with Gasteiger partial charge in [0.1, 0.15) is 6.26 Å². The summed E-state index contributed by atoms with van der Waals surface area (Å²) in [5, 5.41) is 6.49. The van der Waals surface area contributed by atoms with Crippen molar-refractivity contribution in [3.05, 3.63) is 18.0 Å². The molecule has 0 spiro atoms. The maximum atomic E-state index is 11.6. The first-order chi connectivity index (χ1) is 7.75. The lowest BCUT2D eigenvalue weighted by Gasteiger charge is -2.25. The molecule has 0 unspecified atom stereocenters. The van der Waals surface area contributed by atoms with Crippen molar-refractivity contribution in [1.29, 1.82) is 0 Å². The zero-order valence-corrected chi connectivity index (χ0v) is 10.6. The van der Waals surface area contributed by atoms with Crippen molar-refractivity contribution >= 4 is 21.8 Å². The molecule has 1 amide bonds. The minimum absolute atomic E-state index is 0.144. The largest absolute Gasteiger partial charge is 0.364 e. The molecule has 1 heterocycles. The highest BCUT2D eigenvalue weighted by Crippen LogP contribution is 2.28. The van der Waals surface area contributed by atoms with Gasteiger partial charge in [0, 0.05) is 17.4 Å². The standard InChI is InChI=1S/C11H15BrN2O2/c12-9-3-1-8(2-4-9)7-13-11(15)10-5-6-16-14-10/h5-6,8-9H,1-4,7H2,(H,13,15). The van der Waals surface area contributed by atoms with Crippen molar-refractivity contribution in [2.45, 2.75) is 30.5 Å². The molecule has 0 aromatic carbocycles. The summed E-state index contributed by atoms with van der Waals surface area (Å²) in [6.45, 7) is 0.741. The van der Waals surface area contributed by atoms with E-state index in [1.54, 1.807) is 6.07 Å². The van der Waals surface area contributed by atoms with Gasteiger partial charge in [-0.25, -0.2) is 0 Å². The van der Waals surface area contributed by atoms with E-state index in [4.69, 9.17) is 0 Å². The molecular weight excluding hydrogens is 272 g/mol. The fourth-order valence-electron chi connectivity index (χ4n) is 1.98. The van der Waals surface area contributed by atoms with Crippen molar-refractivity contribution in [1.82, 2.24) is 10.5 Å². The van der Waals surface area contributed by atoms with E-state index in [0.717, 1.165) is 6.54 Å². The average Bonchev–Trinajstić information content (AvgIpc) is 2.81. The third kappa shape index (κ3) is 3.07. The van der Waals surface area contributed by atoms with Crippen LogP contribution >= 0.6 is 15.9 Å². The lowest BCUT2D eigenvalue weighted by atomic mass is 9.89. The third-order valence-corrected chi connectivity index (χ3v) is 3.91. The molecule has 88 valence electrons. The van der Waals surface area contributed by atoms with Gasteiger partial charge in [0.25, 0.3) is 5.91 Å². The quantitative estimate of drug-likeness (QED) is 0.868. The summed E-state index contributed by atoms with van der Waals surface area (Å²) in [5.74, 6) is 0.458. The molecule has 1 N–H and O–H groups in total. The van der Waals surface area contributed by atoms with Crippen LogP contribution < -0.4 is 5.32 Å². The first kappa shape index (κ1) is 11.6. The van der Waals surface area contributed by atoms with Crippen LogP contribution in [0, 0.1) is 5.92 Å². The highest BCUT2D eigenvalue weighted by molar-refractivity contribution is 9.09. The molecule has 1 aliphatic carbocycles. The van der Waals surface area contributed by atoms with Crippen LogP contribution in [0.15, 0.2) is 16.9 Å². The Kier molecular flexibility index (Phi) is 3.98. The minimum atomic E-state index is -0.144. The molecule has 4 nitrogen and oxygen atoms in total. The van der Waals surface area contributed by atoms with Crippen LogP contribution in [-0.2, 0) is 0 Å². The van der Waals surface area contributed by atoms with Crippen LogP contribution in [0.2, 0.25) is 0 Å². The van der Waals surface area contributed by atoms with E-state index in [-0.39, 0.29) is 5.91 Å². The molecule has 0 saturated heterocycles. The highest BCUT2D eigenvalue weighted by Gasteiger charge is 2.20. The number of aromatic nitrogens is 1. The van der Waals surface area contributed by atoms with E-state index < -0.39 is 0 Å². The Morgan fingerprint density at radius 1 is 1.50 bits per heavy atom. The molecule has 0 bridgehead atoms. The Labute approximate surface area is 103 Å². The molecule has 5 heteroatoms. The number of alkyl halides is 1. The molecule has 1 aromatic heterocycles. The van der Waals surface area contributed by atoms with E-state index in [1.807, 2.05) is 0 Å². The van der Waals surface area contributed by atoms with E-state index in [2.05, 4.69) is 30.9 Å². The number of nitrogens with one attached hydrogen (secondary N) is 1. The van der Waals surface area contributed by atoms with Crippen LogP contribution in [0.5, 0.6) is 0 Å². The lowest BCUT2D eigenvalue weighted by molar-refractivity contribution is 0.0935. The number of hydrogen-bond donors (Lipinski definition) is 1. The van der Waals surface area contributed by atoms with Crippen molar-refractivity contribution in [2.24, 2.45) is 5.92 Å². The van der Waals surface area contributed by atoms with Crippen LogP contribution in [0.4, 0.5) is 0 Å². The third-order valence-electron chi connectivity index (χ3n) is 3.00. The van der Waals surface area contributed by atoms with Gasteiger partial charge in [-0.05, 0) is 31.6 Å². The fraction of sp³-hybridized carbons (Fsp3) is 0.636. The molecule has 0 radical (unpaired) electrons. The number of carbonyl (C=O) groups is 1.